The van der Waals surface area contributed by atoms with Crippen molar-refractivity contribution in [2.45, 2.75) is 25.4 Å². The number of para-hydroxylation sites is 1. The van der Waals surface area contributed by atoms with Gasteiger partial charge in [-0.3, -0.25) is 9.69 Å². The highest BCUT2D eigenvalue weighted by Crippen LogP contribution is 2.44. The fourth-order valence-corrected chi connectivity index (χ4v) is 5.14. The summed E-state index contributed by atoms with van der Waals surface area (Å²) >= 11 is 0. The van der Waals surface area contributed by atoms with E-state index < -0.39 is 6.04 Å². The minimum atomic E-state index is -0.558. The Balaban J connectivity index is 1.51. The fraction of sp³-hybridized carbons (Fsp3) is 0.185. The van der Waals surface area contributed by atoms with E-state index in [2.05, 4.69) is 11.1 Å². The highest BCUT2D eigenvalue weighted by Gasteiger charge is 2.53. The number of benzene rings is 3. The van der Waals surface area contributed by atoms with E-state index in [9.17, 15) is 9.59 Å². The topological polar surface area (TPSA) is 65.6 Å². The van der Waals surface area contributed by atoms with Gasteiger partial charge in [0, 0.05) is 23.0 Å². The monoisotopic (exact) mass is 437 g/mol. The zero-order chi connectivity index (χ0) is 22.7. The van der Waals surface area contributed by atoms with Gasteiger partial charge in [-0.15, -0.1) is 0 Å². The number of rotatable bonds is 3. The van der Waals surface area contributed by atoms with Crippen molar-refractivity contribution in [3.05, 3.63) is 95.2 Å². The smallest absolute Gasteiger partial charge is 0.332 e. The molecule has 0 radical (unpaired) electrons. The van der Waals surface area contributed by atoms with Crippen LogP contribution in [-0.2, 0) is 11.2 Å². The Kier molecular flexibility index (Phi) is 4.30. The van der Waals surface area contributed by atoms with Crippen LogP contribution in [-0.4, -0.2) is 35.0 Å². The predicted molar refractivity (Wildman–Crippen MR) is 127 cm³/mol. The molecule has 3 aromatic carbocycles. The Hall–Kier alpha value is -4.06. The van der Waals surface area contributed by atoms with Gasteiger partial charge in [0.25, 0.3) is 5.91 Å². The lowest BCUT2D eigenvalue weighted by molar-refractivity contribution is -0.120. The molecule has 0 bridgehead atoms. The Bertz CT molecular complexity index is 1390. The lowest BCUT2D eigenvalue weighted by Crippen LogP contribution is -2.44. The molecular weight excluding hydrogens is 414 g/mol. The number of carbonyl (C=O) groups excluding carboxylic acids is 2. The van der Waals surface area contributed by atoms with Crippen LogP contribution in [0.5, 0.6) is 5.75 Å². The third-order valence-corrected chi connectivity index (χ3v) is 6.77. The first-order valence-electron chi connectivity index (χ1n) is 11.0. The Morgan fingerprint density at radius 2 is 1.67 bits per heavy atom. The summed E-state index contributed by atoms with van der Waals surface area (Å²) in [5.74, 6) is 0.479. The molecule has 1 fully saturated rings. The number of amides is 3. The summed E-state index contributed by atoms with van der Waals surface area (Å²) < 4.78 is 5.23. The molecule has 0 saturated carbocycles. The molecule has 0 unspecified atom stereocenters. The molecule has 6 heteroatoms. The Labute approximate surface area is 191 Å². The molecule has 2 atom stereocenters. The number of fused-ring (bicyclic) bond motifs is 4. The molecule has 1 aromatic heterocycles. The highest BCUT2D eigenvalue weighted by atomic mass is 16.5. The predicted octanol–water partition coefficient (Wildman–Crippen LogP) is 4.97. The molecule has 33 heavy (non-hydrogen) atoms. The van der Waals surface area contributed by atoms with Crippen molar-refractivity contribution < 1.29 is 14.3 Å². The van der Waals surface area contributed by atoms with E-state index in [1.807, 2.05) is 49.4 Å². The van der Waals surface area contributed by atoms with Gasteiger partial charge in [-0.1, -0.05) is 48.0 Å². The SMILES string of the molecule is COc1ccc(N2C(=O)[C@@H]3Cc4c([nH]c5ccccc45)[C@H](c4ccc(C)cc4)N3C2=O)cc1. The average molecular weight is 437 g/mol. The van der Waals surface area contributed by atoms with Gasteiger partial charge in [0.05, 0.1) is 12.8 Å². The van der Waals surface area contributed by atoms with E-state index in [1.54, 1.807) is 36.3 Å². The van der Waals surface area contributed by atoms with Crippen LogP contribution in [0.1, 0.15) is 28.4 Å². The number of aryl methyl sites for hydroxylation is 1. The van der Waals surface area contributed by atoms with Gasteiger partial charge in [-0.25, -0.2) is 9.69 Å². The molecule has 3 amide bonds. The van der Waals surface area contributed by atoms with Crippen LogP contribution in [0.3, 0.4) is 0 Å². The van der Waals surface area contributed by atoms with Gasteiger partial charge in [0.2, 0.25) is 0 Å². The van der Waals surface area contributed by atoms with Gasteiger partial charge in [0.1, 0.15) is 17.8 Å². The second-order valence-corrected chi connectivity index (χ2v) is 8.66. The highest BCUT2D eigenvalue weighted by molar-refractivity contribution is 6.22. The molecule has 0 aliphatic carbocycles. The quantitative estimate of drug-likeness (QED) is 0.461. The molecule has 1 saturated heterocycles. The normalized spacial score (nSPS) is 19.7. The number of methoxy groups -OCH3 is 1. The number of hydrogen-bond acceptors (Lipinski definition) is 3. The largest absolute Gasteiger partial charge is 0.497 e. The Morgan fingerprint density at radius 1 is 0.939 bits per heavy atom. The standard InChI is InChI=1S/C27H23N3O3/c1-16-7-9-17(10-8-16)25-24-21(20-5-3-4-6-22(20)28-24)15-23-26(31)29(27(32)30(23)25)18-11-13-19(33-2)14-12-18/h3-14,23,25,28H,15H2,1-2H3/t23-,25-/m0/s1. The maximum atomic E-state index is 13.8. The maximum Gasteiger partial charge on any atom is 0.332 e. The lowest BCUT2D eigenvalue weighted by Gasteiger charge is -2.36. The summed E-state index contributed by atoms with van der Waals surface area (Å²) in [6, 6.07) is 22.1. The minimum absolute atomic E-state index is 0.196. The second kappa shape index (κ2) is 7.24. The zero-order valence-corrected chi connectivity index (χ0v) is 18.4. The first-order chi connectivity index (χ1) is 16.1. The van der Waals surface area contributed by atoms with Crippen molar-refractivity contribution in [1.29, 1.82) is 0 Å². The van der Waals surface area contributed by atoms with Crippen LogP contribution in [0, 0.1) is 6.92 Å². The van der Waals surface area contributed by atoms with Crippen molar-refractivity contribution in [2.75, 3.05) is 12.0 Å². The van der Waals surface area contributed by atoms with E-state index in [0.717, 1.165) is 33.3 Å². The molecule has 6 rings (SSSR count). The molecule has 6 nitrogen and oxygen atoms in total. The number of carbonyl (C=O) groups is 2. The third kappa shape index (κ3) is 2.87. The van der Waals surface area contributed by atoms with Gasteiger partial charge in [0.15, 0.2) is 0 Å². The molecule has 2 aliphatic heterocycles. The molecule has 1 N–H and O–H groups in total. The number of hydrogen-bond donors (Lipinski definition) is 1. The number of urea groups is 1. The molecule has 4 aromatic rings. The van der Waals surface area contributed by atoms with Crippen molar-refractivity contribution >= 4 is 28.5 Å². The number of H-pyrrole nitrogens is 1. The number of nitrogens with one attached hydrogen (secondary N) is 1. The first kappa shape index (κ1) is 19.6. The molecule has 2 aliphatic rings. The maximum absolute atomic E-state index is 13.8. The summed E-state index contributed by atoms with van der Waals surface area (Å²) in [4.78, 5) is 34.0. The second-order valence-electron chi connectivity index (χ2n) is 8.66. The summed E-state index contributed by atoms with van der Waals surface area (Å²) in [5.41, 5.74) is 5.79. The third-order valence-electron chi connectivity index (χ3n) is 6.77. The van der Waals surface area contributed by atoms with Crippen LogP contribution in [0.25, 0.3) is 10.9 Å². The molecule has 0 spiro atoms. The van der Waals surface area contributed by atoms with Crippen LogP contribution in [0.2, 0.25) is 0 Å². The van der Waals surface area contributed by atoms with Crippen molar-refractivity contribution in [2.24, 2.45) is 0 Å². The lowest BCUT2D eigenvalue weighted by atomic mass is 9.88. The van der Waals surface area contributed by atoms with E-state index in [4.69, 9.17) is 4.74 Å². The van der Waals surface area contributed by atoms with Crippen molar-refractivity contribution in [1.82, 2.24) is 9.88 Å². The molecule has 3 heterocycles. The molecule has 164 valence electrons. The zero-order valence-electron chi connectivity index (χ0n) is 18.4. The van der Waals surface area contributed by atoms with Crippen molar-refractivity contribution in [3.8, 4) is 5.75 Å². The summed E-state index contributed by atoms with van der Waals surface area (Å²) in [6.45, 7) is 2.04. The van der Waals surface area contributed by atoms with Crippen LogP contribution in [0.15, 0.2) is 72.8 Å². The summed E-state index contributed by atoms with van der Waals surface area (Å²) in [7, 11) is 1.59. The number of imide groups is 1. The van der Waals surface area contributed by atoms with Crippen LogP contribution in [0.4, 0.5) is 10.5 Å². The number of nitrogens with zero attached hydrogens (tertiary/aromatic N) is 2. The van der Waals surface area contributed by atoms with Crippen LogP contribution < -0.4 is 9.64 Å². The van der Waals surface area contributed by atoms with E-state index in [1.165, 1.54) is 4.90 Å². The first-order valence-corrected chi connectivity index (χ1v) is 11.0. The van der Waals surface area contributed by atoms with Gasteiger partial charge in [-0.05, 0) is 48.4 Å². The van der Waals surface area contributed by atoms with Crippen molar-refractivity contribution in [3.63, 3.8) is 0 Å². The average Bonchev–Trinajstić information content (AvgIpc) is 3.33. The summed E-state index contributed by atoms with van der Waals surface area (Å²) in [5, 5.41) is 1.10. The van der Waals surface area contributed by atoms with E-state index in [-0.39, 0.29) is 18.0 Å². The van der Waals surface area contributed by atoms with Gasteiger partial charge >= 0.3 is 6.03 Å². The molecular formula is C27H23N3O3. The number of aromatic nitrogens is 1. The summed E-state index contributed by atoms with van der Waals surface area (Å²) in [6.07, 6.45) is 0.485. The number of aromatic amines is 1. The minimum Gasteiger partial charge on any atom is -0.497 e. The number of anilines is 1. The van der Waals surface area contributed by atoms with Crippen LogP contribution >= 0.6 is 0 Å². The Morgan fingerprint density at radius 3 is 2.39 bits per heavy atom. The van der Waals surface area contributed by atoms with Gasteiger partial charge in [-0.2, -0.15) is 0 Å². The fourth-order valence-electron chi connectivity index (χ4n) is 5.14. The van der Waals surface area contributed by atoms with Gasteiger partial charge < -0.3 is 9.72 Å². The van der Waals surface area contributed by atoms with E-state index in [0.29, 0.717) is 17.9 Å². The number of ether oxygens (including phenoxy) is 1. The van der Waals surface area contributed by atoms with E-state index >= 15 is 0 Å².